The van der Waals surface area contributed by atoms with Gasteiger partial charge in [-0.3, -0.25) is 9.48 Å². The summed E-state index contributed by atoms with van der Waals surface area (Å²) in [7, 11) is 0. The van der Waals surface area contributed by atoms with Gasteiger partial charge in [-0.15, -0.1) is 0 Å². The van der Waals surface area contributed by atoms with E-state index in [9.17, 15) is 4.79 Å². The van der Waals surface area contributed by atoms with Gasteiger partial charge in [0.25, 0.3) is 0 Å². The van der Waals surface area contributed by atoms with Crippen molar-refractivity contribution in [1.82, 2.24) is 9.78 Å². The highest BCUT2D eigenvalue weighted by Gasteiger charge is 2.20. The molecule has 0 aliphatic carbocycles. The first-order valence-corrected chi connectivity index (χ1v) is 7.93. The van der Waals surface area contributed by atoms with E-state index in [1.807, 2.05) is 41.9 Å². The zero-order chi connectivity index (χ0) is 14.9. The van der Waals surface area contributed by atoms with E-state index in [0.29, 0.717) is 5.69 Å². The summed E-state index contributed by atoms with van der Waals surface area (Å²) in [6.45, 7) is 8.19. The van der Waals surface area contributed by atoms with Gasteiger partial charge in [0.05, 0.1) is 5.54 Å². The van der Waals surface area contributed by atoms with Crippen LogP contribution in [-0.2, 0) is 5.54 Å². The maximum absolute atomic E-state index is 12.3. The van der Waals surface area contributed by atoms with Crippen molar-refractivity contribution in [3.63, 3.8) is 0 Å². The quantitative estimate of drug-likeness (QED) is 0.738. The third-order valence-electron chi connectivity index (χ3n) is 2.74. The first-order valence-electron chi connectivity index (χ1n) is 6.32. The molecular weight excluding hydrogens is 336 g/mol. The number of aryl methyl sites for hydroxylation is 1. The number of hydrogen-bond donors (Lipinski definition) is 0. The topological polar surface area (TPSA) is 34.9 Å². The molecular formula is C15H17BrN2OS. The third kappa shape index (κ3) is 3.52. The Morgan fingerprint density at radius 3 is 2.55 bits per heavy atom. The van der Waals surface area contributed by atoms with Crippen LogP contribution in [0.1, 0.15) is 37.0 Å². The summed E-state index contributed by atoms with van der Waals surface area (Å²) < 4.78 is 2.86. The zero-order valence-electron chi connectivity index (χ0n) is 12.0. The number of hydrogen-bond acceptors (Lipinski definition) is 3. The van der Waals surface area contributed by atoms with E-state index in [1.165, 1.54) is 11.8 Å². The lowest BCUT2D eigenvalue weighted by Gasteiger charge is -2.21. The van der Waals surface area contributed by atoms with Gasteiger partial charge in [0.2, 0.25) is 5.12 Å². The minimum Gasteiger partial charge on any atom is -0.279 e. The highest BCUT2D eigenvalue weighted by molar-refractivity contribution is 9.10. The molecule has 2 rings (SSSR count). The second-order valence-corrected chi connectivity index (χ2v) is 7.56. The lowest BCUT2D eigenvalue weighted by Crippen LogP contribution is -2.24. The summed E-state index contributed by atoms with van der Waals surface area (Å²) in [5.41, 5.74) is 1.38. The van der Waals surface area contributed by atoms with Crippen LogP contribution in [0.25, 0.3) is 0 Å². The molecule has 0 radical (unpaired) electrons. The van der Waals surface area contributed by atoms with E-state index in [0.717, 1.165) is 15.1 Å². The molecule has 1 heterocycles. The maximum Gasteiger partial charge on any atom is 0.244 e. The number of benzene rings is 1. The fourth-order valence-electron chi connectivity index (χ4n) is 1.94. The van der Waals surface area contributed by atoms with Crippen LogP contribution in [0.2, 0.25) is 0 Å². The second-order valence-electron chi connectivity index (χ2n) is 5.60. The Kier molecular flexibility index (Phi) is 4.39. The summed E-state index contributed by atoms with van der Waals surface area (Å²) in [6.07, 6.45) is 0. The average Bonchev–Trinajstić information content (AvgIpc) is 2.71. The van der Waals surface area contributed by atoms with Crippen molar-refractivity contribution in [3.8, 4) is 0 Å². The predicted octanol–water partition coefficient (Wildman–Crippen LogP) is 4.64. The van der Waals surface area contributed by atoms with E-state index in [1.54, 1.807) is 0 Å². The van der Waals surface area contributed by atoms with Gasteiger partial charge < -0.3 is 0 Å². The van der Waals surface area contributed by atoms with E-state index in [4.69, 9.17) is 0 Å². The second kappa shape index (κ2) is 5.74. The maximum atomic E-state index is 12.3. The summed E-state index contributed by atoms with van der Waals surface area (Å²) in [4.78, 5) is 13.2. The molecule has 0 unspecified atom stereocenters. The van der Waals surface area contributed by atoms with Crippen molar-refractivity contribution in [3.05, 3.63) is 46.2 Å². The van der Waals surface area contributed by atoms with Crippen LogP contribution in [0.5, 0.6) is 0 Å². The highest BCUT2D eigenvalue weighted by Crippen LogP contribution is 2.26. The Morgan fingerprint density at radius 2 is 2.00 bits per heavy atom. The van der Waals surface area contributed by atoms with Crippen LogP contribution in [0.15, 0.2) is 39.7 Å². The summed E-state index contributed by atoms with van der Waals surface area (Å²) in [5.74, 6) is 0. The number of thioether (sulfide) groups is 1. The number of nitrogens with zero attached hydrogens (tertiary/aromatic N) is 2. The van der Waals surface area contributed by atoms with Crippen molar-refractivity contribution < 1.29 is 4.79 Å². The van der Waals surface area contributed by atoms with Gasteiger partial charge in [-0.25, -0.2) is 0 Å². The van der Waals surface area contributed by atoms with E-state index in [2.05, 4.69) is 41.8 Å². The standard InChI is InChI=1S/C15H17BrN2OS/c1-10-8-13(17-18(10)15(2,3)4)14(19)20-12-7-5-6-11(16)9-12/h5-9H,1-4H3. The Bertz CT molecular complexity index is 644. The normalized spacial score (nSPS) is 11.7. The first-order chi connectivity index (χ1) is 9.27. The number of carbonyl (C=O) groups excluding carboxylic acids is 1. The molecule has 3 nitrogen and oxygen atoms in total. The Labute approximate surface area is 131 Å². The van der Waals surface area contributed by atoms with Crippen LogP contribution in [-0.4, -0.2) is 14.9 Å². The Balaban J connectivity index is 2.22. The molecule has 5 heteroatoms. The number of carbonyl (C=O) groups is 1. The van der Waals surface area contributed by atoms with Crippen molar-refractivity contribution in [1.29, 1.82) is 0 Å². The lowest BCUT2D eigenvalue weighted by molar-refractivity contribution is 0.108. The van der Waals surface area contributed by atoms with Gasteiger partial charge in [0, 0.05) is 15.1 Å². The molecule has 0 N–H and O–H groups in total. The van der Waals surface area contributed by atoms with Crippen LogP contribution in [0, 0.1) is 6.92 Å². The van der Waals surface area contributed by atoms with Crippen molar-refractivity contribution in [2.45, 2.75) is 38.1 Å². The van der Waals surface area contributed by atoms with Crippen molar-refractivity contribution in [2.75, 3.05) is 0 Å². The summed E-state index contributed by atoms with van der Waals surface area (Å²) in [5, 5.41) is 4.40. The molecule has 20 heavy (non-hydrogen) atoms. The molecule has 0 atom stereocenters. The van der Waals surface area contributed by atoms with Gasteiger partial charge in [0.1, 0.15) is 5.69 Å². The molecule has 0 spiro atoms. The van der Waals surface area contributed by atoms with Crippen LogP contribution >= 0.6 is 27.7 Å². The van der Waals surface area contributed by atoms with E-state index >= 15 is 0 Å². The molecule has 2 aromatic rings. The number of halogens is 1. The molecule has 0 fully saturated rings. The third-order valence-corrected chi connectivity index (χ3v) is 4.12. The smallest absolute Gasteiger partial charge is 0.244 e. The van der Waals surface area contributed by atoms with Crippen LogP contribution in [0.3, 0.4) is 0 Å². The molecule has 1 aromatic heterocycles. The monoisotopic (exact) mass is 352 g/mol. The molecule has 1 aromatic carbocycles. The molecule has 0 saturated carbocycles. The van der Waals surface area contributed by atoms with Gasteiger partial charge in [-0.1, -0.05) is 22.0 Å². The Morgan fingerprint density at radius 1 is 1.30 bits per heavy atom. The van der Waals surface area contributed by atoms with Gasteiger partial charge in [-0.05, 0) is 63.7 Å². The average molecular weight is 353 g/mol. The lowest BCUT2D eigenvalue weighted by atomic mass is 10.1. The molecule has 0 aliphatic rings. The fraction of sp³-hybridized carbons (Fsp3) is 0.333. The molecule has 106 valence electrons. The van der Waals surface area contributed by atoms with Crippen LogP contribution in [0.4, 0.5) is 0 Å². The molecule has 0 amide bonds. The minimum absolute atomic E-state index is 0.0331. The number of rotatable bonds is 2. The predicted molar refractivity (Wildman–Crippen MR) is 86.3 cm³/mol. The Hall–Kier alpha value is -1.07. The molecule has 0 bridgehead atoms. The van der Waals surface area contributed by atoms with Gasteiger partial charge in [-0.2, -0.15) is 5.10 Å². The van der Waals surface area contributed by atoms with E-state index in [-0.39, 0.29) is 10.7 Å². The highest BCUT2D eigenvalue weighted by atomic mass is 79.9. The largest absolute Gasteiger partial charge is 0.279 e. The molecule has 0 saturated heterocycles. The zero-order valence-corrected chi connectivity index (χ0v) is 14.4. The van der Waals surface area contributed by atoms with Gasteiger partial charge >= 0.3 is 0 Å². The SMILES string of the molecule is Cc1cc(C(=O)Sc2cccc(Br)c2)nn1C(C)(C)C. The minimum atomic E-state index is -0.122. The first kappa shape index (κ1) is 15.3. The summed E-state index contributed by atoms with van der Waals surface area (Å²) >= 11 is 4.60. The van der Waals surface area contributed by atoms with E-state index < -0.39 is 0 Å². The molecule has 0 aliphatic heterocycles. The number of aromatic nitrogens is 2. The van der Waals surface area contributed by atoms with Crippen LogP contribution < -0.4 is 0 Å². The fourth-order valence-corrected chi connectivity index (χ4v) is 3.24. The van der Waals surface area contributed by atoms with Crippen molar-refractivity contribution in [2.24, 2.45) is 0 Å². The van der Waals surface area contributed by atoms with Crippen molar-refractivity contribution >= 4 is 32.8 Å². The summed E-state index contributed by atoms with van der Waals surface area (Å²) in [6, 6.07) is 9.54. The van der Waals surface area contributed by atoms with Gasteiger partial charge in [0.15, 0.2) is 0 Å².